The molecule has 0 bridgehead atoms. The van der Waals surface area contributed by atoms with Gasteiger partial charge in [-0.3, -0.25) is 9.79 Å². The van der Waals surface area contributed by atoms with Gasteiger partial charge in [-0.2, -0.15) is 0 Å². The van der Waals surface area contributed by atoms with E-state index in [4.69, 9.17) is 17.3 Å². The number of aliphatic imine (C=N–C) groups is 1. The fourth-order valence-electron chi connectivity index (χ4n) is 3.68. The number of benzodiazepines with no additional fused rings is 1. The lowest BCUT2D eigenvalue weighted by Gasteiger charge is -2.42. The van der Waals surface area contributed by atoms with Crippen molar-refractivity contribution in [2.24, 2.45) is 10.7 Å². The highest BCUT2D eigenvalue weighted by molar-refractivity contribution is 6.32. The number of hydrogen-bond donors (Lipinski definition) is 1. The van der Waals surface area contributed by atoms with Crippen LogP contribution in [0.1, 0.15) is 37.8 Å². The highest BCUT2D eigenvalue weighted by Gasteiger charge is 2.39. The van der Waals surface area contributed by atoms with Gasteiger partial charge in [-0.05, 0) is 43.2 Å². The van der Waals surface area contributed by atoms with Gasteiger partial charge in [0, 0.05) is 22.7 Å². The first kappa shape index (κ1) is 19.5. The van der Waals surface area contributed by atoms with Crippen LogP contribution in [0, 0.1) is 5.82 Å². The third-order valence-corrected chi connectivity index (χ3v) is 5.61. The number of halogens is 2. The molecule has 0 aliphatic carbocycles. The Labute approximate surface area is 163 Å². The molecule has 27 heavy (non-hydrogen) atoms. The Balaban J connectivity index is 2.27. The first-order valence-electron chi connectivity index (χ1n) is 9.09. The van der Waals surface area contributed by atoms with Crippen LogP contribution in [0.5, 0.6) is 0 Å². The lowest BCUT2D eigenvalue weighted by atomic mass is 9.88. The Morgan fingerprint density at radius 3 is 2.52 bits per heavy atom. The normalized spacial score (nSPS) is 14.6. The summed E-state index contributed by atoms with van der Waals surface area (Å²) in [5.41, 5.74) is 7.67. The van der Waals surface area contributed by atoms with Crippen LogP contribution in [-0.2, 0) is 4.79 Å². The summed E-state index contributed by atoms with van der Waals surface area (Å²) in [6.45, 7) is 4.28. The summed E-state index contributed by atoms with van der Waals surface area (Å²) in [6.07, 6.45) is 1.39. The number of nitrogens with zero attached hydrogens (tertiary/aromatic N) is 2. The van der Waals surface area contributed by atoms with Gasteiger partial charge in [-0.25, -0.2) is 4.39 Å². The van der Waals surface area contributed by atoms with E-state index >= 15 is 0 Å². The average Bonchev–Trinajstić information content (AvgIpc) is 2.81. The number of hydrogen-bond acceptors (Lipinski definition) is 3. The van der Waals surface area contributed by atoms with Crippen LogP contribution < -0.4 is 10.6 Å². The Kier molecular flexibility index (Phi) is 5.63. The van der Waals surface area contributed by atoms with Crippen LogP contribution in [0.15, 0.2) is 47.5 Å². The predicted molar refractivity (Wildman–Crippen MR) is 108 cm³/mol. The van der Waals surface area contributed by atoms with Gasteiger partial charge in [0.1, 0.15) is 12.4 Å². The van der Waals surface area contributed by atoms with E-state index in [0.29, 0.717) is 46.9 Å². The van der Waals surface area contributed by atoms with E-state index in [-0.39, 0.29) is 18.3 Å². The zero-order valence-corrected chi connectivity index (χ0v) is 16.3. The van der Waals surface area contributed by atoms with E-state index in [1.54, 1.807) is 41.3 Å². The Bertz CT molecular complexity index is 884. The third-order valence-electron chi connectivity index (χ3n) is 5.38. The second kappa shape index (κ2) is 7.79. The number of rotatable bonds is 5. The number of carbonyl (C=O) groups is 1. The Hall–Kier alpha value is -2.24. The summed E-state index contributed by atoms with van der Waals surface area (Å²) in [4.78, 5) is 19.3. The summed E-state index contributed by atoms with van der Waals surface area (Å²) in [5, 5.41) is 0.499. The molecule has 0 fully saturated rings. The number of anilines is 1. The maximum atomic E-state index is 14.5. The van der Waals surface area contributed by atoms with Gasteiger partial charge < -0.3 is 10.6 Å². The molecule has 3 rings (SSSR count). The smallest absolute Gasteiger partial charge is 0.249 e. The first-order chi connectivity index (χ1) is 13.0. The van der Waals surface area contributed by atoms with E-state index in [1.807, 2.05) is 13.8 Å². The van der Waals surface area contributed by atoms with E-state index in [0.717, 1.165) is 0 Å². The molecule has 142 valence electrons. The van der Waals surface area contributed by atoms with E-state index in [9.17, 15) is 9.18 Å². The molecule has 2 aromatic carbocycles. The highest BCUT2D eigenvalue weighted by Crippen LogP contribution is 2.36. The van der Waals surface area contributed by atoms with Gasteiger partial charge in [0.25, 0.3) is 0 Å². The molecule has 0 unspecified atom stereocenters. The summed E-state index contributed by atoms with van der Waals surface area (Å²) >= 11 is 6.25. The van der Waals surface area contributed by atoms with Crippen LogP contribution >= 0.6 is 11.6 Å². The molecule has 6 heteroatoms. The number of benzene rings is 2. The molecule has 0 atom stereocenters. The lowest BCUT2D eigenvalue weighted by Crippen LogP contribution is -2.57. The molecule has 1 aliphatic heterocycles. The highest BCUT2D eigenvalue weighted by atomic mass is 35.5. The van der Waals surface area contributed by atoms with Crippen molar-refractivity contribution in [1.29, 1.82) is 0 Å². The molecule has 0 radical (unpaired) electrons. The molecule has 2 aromatic rings. The zero-order valence-electron chi connectivity index (χ0n) is 15.5. The topological polar surface area (TPSA) is 58.7 Å². The molecule has 0 saturated heterocycles. The maximum absolute atomic E-state index is 14.5. The largest absolute Gasteiger partial charge is 0.328 e. The fraction of sp³-hybridized carbons (Fsp3) is 0.333. The number of carbonyl (C=O) groups excluding carboxylic acids is 1. The molecule has 1 amide bonds. The molecule has 0 saturated carbocycles. The number of fused-ring (bicyclic) bond motifs is 1. The Morgan fingerprint density at radius 2 is 1.89 bits per heavy atom. The third kappa shape index (κ3) is 3.37. The second-order valence-corrected chi connectivity index (χ2v) is 7.11. The van der Waals surface area contributed by atoms with Gasteiger partial charge in [0.05, 0.1) is 16.9 Å². The van der Waals surface area contributed by atoms with E-state index < -0.39 is 5.54 Å². The van der Waals surface area contributed by atoms with Gasteiger partial charge in [-0.15, -0.1) is 0 Å². The molecule has 1 heterocycles. The summed E-state index contributed by atoms with van der Waals surface area (Å²) in [7, 11) is 0. The summed E-state index contributed by atoms with van der Waals surface area (Å²) < 4.78 is 14.5. The van der Waals surface area contributed by atoms with Crippen molar-refractivity contribution in [3.63, 3.8) is 0 Å². The van der Waals surface area contributed by atoms with Crippen molar-refractivity contribution in [2.75, 3.05) is 18.0 Å². The number of amides is 1. The average molecular weight is 388 g/mol. The van der Waals surface area contributed by atoms with Crippen molar-refractivity contribution >= 4 is 28.9 Å². The minimum Gasteiger partial charge on any atom is -0.328 e. The molecule has 0 spiro atoms. The molecule has 1 aliphatic rings. The zero-order chi connectivity index (χ0) is 19.6. The minimum absolute atomic E-state index is 0.0717. The molecular weight excluding hydrogens is 365 g/mol. The van der Waals surface area contributed by atoms with E-state index in [1.165, 1.54) is 6.07 Å². The molecular formula is C21H23ClFN3O. The van der Waals surface area contributed by atoms with Crippen molar-refractivity contribution in [3.05, 3.63) is 64.4 Å². The van der Waals surface area contributed by atoms with Crippen molar-refractivity contribution in [2.45, 2.75) is 32.2 Å². The number of nitrogens with two attached hydrogens (primary N) is 1. The van der Waals surface area contributed by atoms with Crippen LogP contribution in [0.4, 0.5) is 10.1 Å². The second-order valence-electron chi connectivity index (χ2n) is 6.67. The summed E-state index contributed by atoms with van der Waals surface area (Å²) in [6, 6.07) is 11.7. The molecule has 2 N–H and O–H groups in total. The van der Waals surface area contributed by atoms with Gasteiger partial charge >= 0.3 is 0 Å². The lowest BCUT2D eigenvalue weighted by molar-refractivity contribution is -0.118. The van der Waals surface area contributed by atoms with Gasteiger partial charge in [0.2, 0.25) is 5.91 Å². The maximum Gasteiger partial charge on any atom is 0.249 e. The SMILES string of the molecule is CCC(CC)(CN)N1C(=O)CN=C(c2ccccc2F)c2cc(Cl)ccc21. The van der Waals surface area contributed by atoms with Crippen LogP contribution in [-0.4, -0.2) is 30.2 Å². The van der Waals surface area contributed by atoms with Crippen molar-refractivity contribution in [3.8, 4) is 0 Å². The minimum atomic E-state index is -0.528. The van der Waals surface area contributed by atoms with Crippen LogP contribution in [0.25, 0.3) is 0 Å². The van der Waals surface area contributed by atoms with Crippen LogP contribution in [0.3, 0.4) is 0 Å². The predicted octanol–water partition coefficient (Wildman–Crippen LogP) is 4.18. The van der Waals surface area contributed by atoms with E-state index in [2.05, 4.69) is 4.99 Å². The monoisotopic (exact) mass is 387 g/mol. The molecule has 4 nitrogen and oxygen atoms in total. The quantitative estimate of drug-likeness (QED) is 0.836. The Morgan fingerprint density at radius 1 is 1.19 bits per heavy atom. The summed E-state index contributed by atoms with van der Waals surface area (Å²) in [5.74, 6) is -0.543. The van der Waals surface area contributed by atoms with Gasteiger partial charge in [-0.1, -0.05) is 37.6 Å². The van der Waals surface area contributed by atoms with Crippen LogP contribution in [0.2, 0.25) is 5.02 Å². The first-order valence-corrected chi connectivity index (χ1v) is 9.47. The van der Waals surface area contributed by atoms with Crippen molar-refractivity contribution in [1.82, 2.24) is 0 Å². The van der Waals surface area contributed by atoms with Crippen molar-refractivity contribution < 1.29 is 9.18 Å². The fourth-order valence-corrected chi connectivity index (χ4v) is 3.85. The van der Waals surface area contributed by atoms with Gasteiger partial charge in [0.15, 0.2) is 0 Å². The molecule has 0 aromatic heterocycles. The standard InChI is InChI=1S/C21H23ClFN3O/c1-3-21(4-2,13-24)26-18-10-9-14(22)11-16(18)20(25-12-19(26)27)15-7-5-6-8-17(15)23/h5-11H,3-4,12-13,24H2,1-2H3.